The van der Waals surface area contributed by atoms with Gasteiger partial charge in [0.05, 0.1) is 23.5 Å². The molecule has 0 aromatic heterocycles. The number of carbonyl (C=O) groups excluding carboxylic acids is 1. The molecule has 0 saturated carbocycles. The molecule has 1 aromatic rings. The van der Waals surface area contributed by atoms with Crippen molar-refractivity contribution in [3.63, 3.8) is 0 Å². The fourth-order valence-corrected chi connectivity index (χ4v) is 2.75. The maximum atomic E-state index is 12.0. The fraction of sp³-hybridized carbons (Fsp3) is 0.462. The van der Waals surface area contributed by atoms with Crippen LogP contribution in [0.5, 0.6) is 0 Å². The van der Waals surface area contributed by atoms with Gasteiger partial charge < -0.3 is 10.1 Å². The van der Waals surface area contributed by atoms with Crippen molar-refractivity contribution in [2.75, 3.05) is 30.8 Å². The Morgan fingerprint density at radius 3 is 2.65 bits per heavy atom. The number of nitrogens with zero attached hydrogens (tertiary/aromatic N) is 2. The molecule has 0 bridgehead atoms. The summed E-state index contributed by atoms with van der Waals surface area (Å²) >= 11 is 0. The Morgan fingerprint density at radius 1 is 1.48 bits per heavy atom. The van der Waals surface area contributed by atoms with E-state index in [1.807, 2.05) is 0 Å². The van der Waals surface area contributed by atoms with Crippen LogP contribution in [-0.4, -0.2) is 51.8 Å². The second-order valence-electron chi connectivity index (χ2n) is 4.97. The predicted octanol–water partition coefficient (Wildman–Crippen LogP) is 0.512. The van der Waals surface area contributed by atoms with Crippen LogP contribution < -0.4 is 9.62 Å². The lowest BCUT2D eigenvalue weighted by atomic mass is 10.3. The molecule has 1 atom stereocenters. The second-order valence-corrected chi connectivity index (χ2v) is 6.88. The molecule has 0 heterocycles. The molecule has 10 heteroatoms. The quantitative estimate of drug-likeness (QED) is 0.542. The number of hydrogen-bond donors (Lipinski definition) is 1. The Kier molecular flexibility index (Phi) is 6.46. The smallest absolute Gasteiger partial charge is 0.271 e. The van der Waals surface area contributed by atoms with Crippen LogP contribution in [0.15, 0.2) is 24.3 Å². The lowest BCUT2D eigenvalue weighted by molar-refractivity contribution is -0.384. The molecule has 1 amide bonds. The number of anilines is 1. The first-order valence-corrected chi connectivity index (χ1v) is 8.50. The van der Waals surface area contributed by atoms with Crippen LogP contribution in [0.1, 0.15) is 6.92 Å². The highest BCUT2D eigenvalue weighted by molar-refractivity contribution is 7.92. The summed E-state index contributed by atoms with van der Waals surface area (Å²) in [6.07, 6.45) is 0.928. The van der Waals surface area contributed by atoms with E-state index >= 15 is 0 Å². The molecule has 23 heavy (non-hydrogen) atoms. The van der Waals surface area contributed by atoms with Crippen molar-refractivity contribution in [1.29, 1.82) is 0 Å². The summed E-state index contributed by atoms with van der Waals surface area (Å²) in [5.74, 6) is -0.536. The number of non-ortho nitro benzene ring substituents is 1. The minimum Gasteiger partial charge on any atom is -0.383 e. The van der Waals surface area contributed by atoms with Gasteiger partial charge in [-0.3, -0.25) is 19.2 Å². The summed E-state index contributed by atoms with van der Waals surface area (Å²) in [7, 11) is -2.30. The van der Waals surface area contributed by atoms with E-state index in [0.717, 1.165) is 16.6 Å². The third-order valence-electron chi connectivity index (χ3n) is 2.84. The van der Waals surface area contributed by atoms with Crippen molar-refractivity contribution in [3.05, 3.63) is 34.4 Å². The first-order valence-electron chi connectivity index (χ1n) is 6.65. The minimum absolute atomic E-state index is 0.0521. The van der Waals surface area contributed by atoms with Crippen LogP contribution in [0.3, 0.4) is 0 Å². The summed E-state index contributed by atoms with van der Waals surface area (Å²) in [4.78, 5) is 22.1. The molecule has 0 spiro atoms. The van der Waals surface area contributed by atoms with Gasteiger partial charge in [0.15, 0.2) is 0 Å². The summed E-state index contributed by atoms with van der Waals surface area (Å²) < 4.78 is 29.5. The van der Waals surface area contributed by atoms with E-state index in [2.05, 4.69) is 5.32 Å². The van der Waals surface area contributed by atoms with Gasteiger partial charge in [-0.05, 0) is 13.0 Å². The van der Waals surface area contributed by atoms with E-state index in [0.29, 0.717) is 0 Å². The van der Waals surface area contributed by atoms with Crippen LogP contribution in [0.4, 0.5) is 11.4 Å². The molecule has 0 unspecified atom stereocenters. The van der Waals surface area contributed by atoms with Gasteiger partial charge in [0.1, 0.15) is 6.54 Å². The molecule has 1 aromatic carbocycles. The summed E-state index contributed by atoms with van der Waals surface area (Å²) in [6.45, 7) is 1.51. The zero-order chi connectivity index (χ0) is 17.6. The largest absolute Gasteiger partial charge is 0.383 e. The molecule has 0 aliphatic heterocycles. The van der Waals surface area contributed by atoms with Gasteiger partial charge in [-0.25, -0.2) is 8.42 Å². The van der Waals surface area contributed by atoms with E-state index in [-0.39, 0.29) is 24.0 Å². The predicted molar refractivity (Wildman–Crippen MR) is 84.8 cm³/mol. The topological polar surface area (TPSA) is 119 Å². The average molecular weight is 345 g/mol. The average Bonchev–Trinajstić information content (AvgIpc) is 2.43. The third kappa shape index (κ3) is 5.83. The molecule has 0 fully saturated rings. The number of nitrogens with one attached hydrogen (secondary N) is 1. The molecular formula is C13H19N3O6S. The Morgan fingerprint density at radius 2 is 2.13 bits per heavy atom. The van der Waals surface area contributed by atoms with E-state index in [4.69, 9.17) is 4.74 Å². The lowest BCUT2D eigenvalue weighted by Crippen LogP contribution is -2.44. The fourth-order valence-electron chi connectivity index (χ4n) is 1.90. The number of amides is 1. The normalized spacial score (nSPS) is 12.5. The van der Waals surface area contributed by atoms with Gasteiger partial charge in [-0.1, -0.05) is 6.07 Å². The molecule has 0 saturated heterocycles. The van der Waals surface area contributed by atoms with Crippen molar-refractivity contribution in [2.45, 2.75) is 13.0 Å². The summed E-state index contributed by atoms with van der Waals surface area (Å²) in [6, 6.07) is 4.80. The third-order valence-corrected chi connectivity index (χ3v) is 3.98. The van der Waals surface area contributed by atoms with Crippen molar-refractivity contribution < 1.29 is 22.9 Å². The Hall–Kier alpha value is -2.20. The second kappa shape index (κ2) is 7.88. The Labute approximate surface area is 134 Å². The lowest BCUT2D eigenvalue weighted by Gasteiger charge is -2.22. The van der Waals surface area contributed by atoms with Gasteiger partial charge in [0.25, 0.3) is 5.69 Å². The zero-order valence-corrected chi connectivity index (χ0v) is 13.9. The number of benzene rings is 1. The number of hydrogen-bond acceptors (Lipinski definition) is 6. The van der Waals surface area contributed by atoms with Gasteiger partial charge in [-0.15, -0.1) is 0 Å². The van der Waals surface area contributed by atoms with Crippen LogP contribution >= 0.6 is 0 Å². The molecule has 1 rings (SSSR count). The first-order chi connectivity index (χ1) is 10.6. The monoisotopic (exact) mass is 345 g/mol. The Bertz CT molecular complexity index is 676. The molecule has 9 nitrogen and oxygen atoms in total. The van der Waals surface area contributed by atoms with E-state index in [1.165, 1.54) is 25.3 Å². The minimum atomic E-state index is -3.78. The van der Waals surface area contributed by atoms with E-state index in [9.17, 15) is 23.3 Å². The summed E-state index contributed by atoms with van der Waals surface area (Å²) in [5.41, 5.74) is -0.208. The Balaban J connectivity index is 3.01. The summed E-state index contributed by atoms with van der Waals surface area (Å²) in [5, 5.41) is 13.4. The number of sulfonamides is 1. The van der Waals surface area contributed by atoms with Crippen molar-refractivity contribution >= 4 is 27.3 Å². The van der Waals surface area contributed by atoms with Crippen LogP contribution in [0, 0.1) is 10.1 Å². The van der Waals surface area contributed by atoms with Gasteiger partial charge >= 0.3 is 0 Å². The number of methoxy groups -OCH3 is 1. The molecule has 0 aliphatic carbocycles. The SMILES string of the molecule is COC[C@H](C)NC(=O)CN(c1cccc([N+](=O)[O-])c1)S(C)(=O)=O. The molecule has 0 radical (unpaired) electrons. The van der Waals surface area contributed by atoms with Crippen molar-refractivity contribution in [3.8, 4) is 0 Å². The number of ether oxygens (including phenoxy) is 1. The highest BCUT2D eigenvalue weighted by atomic mass is 32.2. The number of rotatable bonds is 8. The highest BCUT2D eigenvalue weighted by Gasteiger charge is 2.23. The van der Waals surface area contributed by atoms with Crippen LogP contribution in [0.25, 0.3) is 0 Å². The number of carbonyl (C=O) groups is 1. The standard InChI is InChI=1S/C13H19N3O6S/c1-10(9-22-2)14-13(17)8-15(23(3,20)21)11-5-4-6-12(7-11)16(18)19/h4-7,10H,8-9H2,1-3H3,(H,14,17)/t10-/m0/s1. The molecule has 1 N–H and O–H groups in total. The van der Waals surface area contributed by atoms with Gasteiger partial charge in [0, 0.05) is 25.3 Å². The van der Waals surface area contributed by atoms with E-state index < -0.39 is 27.4 Å². The highest BCUT2D eigenvalue weighted by Crippen LogP contribution is 2.22. The maximum Gasteiger partial charge on any atom is 0.271 e. The molecular weight excluding hydrogens is 326 g/mol. The van der Waals surface area contributed by atoms with E-state index in [1.54, 1.807) is 6.92 Å². The van der Waals surface area contributed by atoms with Crippen LogP contribution in [-0.2, 0) is 19.6 Å². The first kappa shape index (κ1) is 18.8. The van der Waals surface area contributed by atoms with Crippen molar-refractivity contribution in [2.24, 2.45) is 0 Å². The number of nitro benzene ring substituents is 1. The maximum absolute atomic E-state index is 12.0. The van der Waals surface area contributed by atoms with Crippen molar-refractivity contribution in [1.82, 2.24) is 5.32 Å². The van der Waals surface area contributed by atoms with Gasteiger partial charge in [-0.2, -0.15) is 0 Å². The van der Waals surface area contributed by atoms with Crippen LogP contribution in [0.2, 0.25) is 0 Å². The van der Waals surface area contributed by atoms with Gasteiger partial charge in [0.2, 0.25) is 15.9 Å². The molecule has 0 aliphatic rings. The number of nitro groups is 1. The molecule has 128 valence electrons. The zero-order valence-electron chi connectivity index (χ0n) is 13.1.